The van der Waals surface area contributed by atoms with Crippen LogP contribution in [0.4, 0.5) is 4.39 Å². The Morgan fingerprint density at radius 1 is 1.42 bits per heavy atom. The van der Waals surface area contributed by atoms with Crippen LogP contribution in [-0.4, -0.2) is 24.5 Å². The van der Waals surface area contributed by atoms with Crippen molar-refractivity contribution in [2.75, 3.05) is 6.54 Å². The number of amides is 1. The molecule has 1 aromatic carbocycles. The Balaban J connectivity index is 1.81. The first kappa shape index (κ1) is 14.0. The first-order valence-electron chi connectivity index (χ1n) is 6.92. The van der Waals surface area contributed by atoms with Crippen LogP contribution in [-0.2, 0) is 11.2 Å². The molecule has 1 aliphatic heterocycles. The van der Waals surface area contributed by atoms with Crippen LogP contribution in [0.15, 0.2) is 24.3 Å². The third-order valence-corrected chi connectivity index (χ3v) is 3.62. The highest BCUT2D eigenvalue weighted by Crippen LogP contribution is 2.10. The van der Waals surface area contributed by atoms with Gasteiger partial charge in [-0.2, -0.15) is 0 Å². The number of carbonyl (C=O) groups is 1. The summed E-state index contributed by atoms with van der Waals surface area (Å²) in [7, 11) is 0. The standard InChI is InChI=1S/C15H21FN2O/c1-11(14-4-2-3-9-17-14)18-15(19)10-12-5-7-13(16)8-6-12/h5-8,11,14,17H,2-4,9-10H2,1H3,(H,18,19). The maximum atomic E-state index is 12.8. The lowest BCUT2D eigenvalue weighted by Gasteiger charge is -2.29. The summed E-state index contributed by atoms with van der Waals surface area (Å²) in [4.78, 5) is 11.9. The van der Waals surface area contributed by atoms with Gasteiger partial charge in [-0.25, -0.2) is 4.39 Å². The van der Waals surface area contributed by atoms with E-state index in [2.05, 4.69) is 10.6 Å². The Hall–Kier alpha value is -1.42. The van der Waals surface area contributed by atoms with Crippen LogP contribution >= 0.6 is 0 Å². The second-order valence-corrected chi connectivity index (χ2v) is 5.22. The molecular weight excluding hydrogens is 243 g/mol. The number of carbonyl (C=O) groups excluding carboxylic acids is 1. The van der Waals surface area contributed by atoms with E-state index < -0.39 is 0 Å². The number of halogens is 1. The number of hydrogen-bond donors (Lipinski definition) is 2. The minimum atomic E-state index is -0.274. The van der Waals surface area contributed by atoms with E-state index in [1.54, 1.807) is 12.1 Å². The van der Waals surface area contributed by atoms with Crippen molar-refractivity contribution in [2.45, 2.75) is 44.7 Å². The van der Waals surface area contributed by atoms with Gasteiger partial charge in [-0.05, 0) is 44.0 Å². The molecule has 0 aliphatic carbocycles. The molecule has 0 aromatic heterocycles. The van der Waals surface area contributed by atoms with Crippen molar-refractivity contribution in [1.29, 1.82) is 0 Å². The molecule has 1 aliphatic rings. The lowest BCUT2D eigenvalue weighted by molar-refractivity contribution is -0.121. The van der Waals surface area contributed by atoms with Crippen LogP contribution < -0.4 is 10.6 Å². The average molecular weight is 264 g/mol. The smallest absolute Gasteiger partial charge is 0.224 e. The summed E-state index contributed by atoms with van der Waals surface area (Å²) in [6.07, 6.45) is 3.85. The average Bonchev–Trinajstić information content (AvgIpc) is 2.42. The molecule has 1 amide bonds. The molecule has 1 heterocycles. The molecule has 0 saturated carbocycles. The van der Waals surface area contributed by atoms with Crippen LogP contribution in [0.2, 0.25) is 0 Å². The molecular formula is C15H21FN2O. The molecule has 0 bridgehead atoms. The SMILES string of the molecule is CC(NC(=O)Cc1ccc(F)cc1)C1CCCCN1. The molecule has 2 unspecified atom stereocenters. The molecule has 2 N–H and O–H groups in total. The maximum absolute atomic E-state index is 12.8. The third-order valence-electron chi connectivity index (χ3n) is 3.62. The van der Waals surface area contributed by atoms with Gasteiger partial charge < -0.3 is 10.6 Å². The molecule has 3 nitrogen and oxygen atoms in total. The lowest BCUT2D eigenvalue weighted by Crippen LogP contribution is -2.50. The minimum absolute atomic E-state index is 0.00789. The topological polar surface area (TPSA) is 41.1 Å². The van der Waals surface area contributed by atoms with Gasteiger partial charge in [-0.15, -0.1) is 0 Å². The Kier molecular flexibility index (Phi) is 4.91. The summed E-state index contributed by atoms with van der Waals surface area (Å²) in [5, 5.41) is 6.45. The van der Waals surface area contributed by atoms with Crippen LogP contribution in [0.1, 0.15) is 31.7 Å². The molecule has 2 rings (SSSR count). The second-order valence-electron chi connectivity index (χ2n) is 5.22. The highest BCUT2D eigenvalue weighted by Gasteiger charge is 2.20. The normalized spacial score (nSPS) is 20.8. The van der Waals surface area contributed by atoms with Crippen molar-refractivity contribution in [2.24, 2.45) is 0 Å². The Bertz CT molecular complexity index is 413. The Morgan fingerprint density at radius 3 is 2.79 bits per heavy atom. The van der Waals surface area contributed by atoms with Gasteiger partial charge in [0.15, 0.2) is 0 Å². The first-order valence-corrected chi connectivity index (χ1v) is 6.92. The van der Waals surface area contributed by atoms with Crippen LogP contribution in [0.25, 0.3) is 0 Å². The highest BCUT2D eigenvalue weighted by molar-refractivity contribution is 5.78. The van der Waals surface area contributed by atoms with E-state index in [9.17, 15) is 9.18 Å². The first-order chi connectivity index (χ1) is 9.15. The molecule has 19 heavy (non-hydrogen) atoms. The van der Waals surface area contributed by atoms with Crippen LogP contribution in [0.5, 0.6) is 0 Å². The van der Waals surface area contributed by atoms with Gasteiger partial charge in [0.2, 0.25) is 5.91 Å². The van der Waals surface area contributed by atoms with Crippen molar-refractivity contribution in [3.8, 4) is 0 Å². The number of piperidine rings is 1. The summed E-state index contributed by atoms with van der Waals surface area (Å²) in [5.41, 5.74) is 0.836. The van der Waals surface area contributed by atoms with Crippen molar-refractivity contribution < 1.29 is 9.18 Å². The van der Waals surface area contributed by atoms with Crippen molar-refractivity contribution in [1.82, 2.24) is 10.6 Å². The van der Waals surface area contributed by atoms with E-state index >= 15 is 0 Å². The molecule has 0 spiro atoms. The van der Waals surface area contributed by atoms with E-state index in [4.69, 9.17) is 0 Å². The number of benzene rings is 1. The fourth-order valence-electron chi connectivity index (χ4n) is 2.50. The fourth-order valence-corrected chi connectivity index (χ4v) is 2.50. The molecule has 1 fully saturated rings. The van der Waals surface area contributed by atoms with Gasteiger partial charge in [0.1, 0.15) is 5.82 Å². The van der Waals surface area contributed by atoms with Gasteiger partial charge in [-0.1, -0.05) is 18.6 Å². The van der Waals surface area contributed by atoms with E-state index in [1.165, 1.54) is 25.0 Å². The summed E-state index contributed by atoms with van der Waals surface area (Å²) in [6, 6.07) is 6.57. The van der Waals surface area contributed by atoms with Gasteiger partial charge >= 0.3 is 0 Å². The summed E-state index contributed by atoms with van der Waals surface area (Å²) >= 11 is 0. The Morgan fingerprint density at radius 2 is 2.16 bits per heavy atom. The van der Waals surface area contributed by atoms with Crippen molar-refractivity contribution in [3.05, 3.63) is 35.6 Å². The summed E-state index contributed by atoms with van der Waals surface area (Å²) in [5.74, 6) is -0.282. The fraction of sp³-hybridized carbons (Fsp3) is 0.533. The molecule has 2 atom stereocenters. The second kappa shape index (κ2) is 6.66. The molecule has 4 heteroatoms. The van der Waals surface area contributed by atoms with Crippen molar-refractivity contribution in [3.63, 3.8) is 0 Å². The minimum Gasteiger partial charge on any atom is -0.352 e. The number of nitrogens with one attached hydrogen (secondary N) is 2. The molecule has 1 aromatic rings. The zero-order valence-corrected chi connectivity index (χ0v) is 11.3. The Labute approximate surface area is 113 Å². The largest absolute Gasteiger partial charge is 0.352 e. The van der Waals surface area contributed by atoms with Crippen LogP contribution in [0, 0.1) is 5.82 Å². The van der Waals surface area contributed by atoms with Gasteiger partial charge in [-0.3, -0.25) is 4.79 Å². The quantitative estimate of drug-likeness (QED) is 0.873. The van der Waals surface area contributed by atoms with Crippen molar-refractivity contribution >= 4 is 5.91 Å². The highest BCUT2D eigenvalue weighted by atomic mass is 19.1. The van der Waals surface area contributed by atoms with Crippen LogP contribution in [0.3, 0.4) is 0 Å². The molecule has 1 saturated heterocycles. The number of hydrogen-bond acceptors (Lipinski definition) is 2. The van der Waals surface area contributed by atoms with E-state index in [0.29, 0.717) is 12.5 Å². The lowest BCUT2D eigenvalue weighted by atomic mass is 9.99. The third kappa shape index (κ3) is 4.31. The summed E-state index contributed by atoms with van der Waals surface area (Å²) < 4.78 is 12.8. The predicted octanol–water partition coefficient (Wildman–Crippen LogP) is 2.01. The van der Waals surface area contributed by atoms with E-state index in [-0.39, 0.29) is 17.8 Å². The zero-order valence-electron chi connectivity index (χ0n) is 11.3. The van der Waals surface area contributed by atoms with Gasteiger partial charge in [0.25, 0.3) is 0 Å². The van der Waals surface area contributed by atoms with E-state index in [0.717, 1.165) is 18.5 Å². The van der Waals surface area contributed by atoms with Gasteiger partial charge in [0, 0.05) is 12.1 Å². The van der Waals surface area contributed by atoms with E-state index in [1.807, 2.05) is 6.92 Å². The molecule has 104 valence electrons. The summed E-state index contributed by atoms with van der Waals surface area (Å²) in [6.45, 7) is 3.06. The molecule has 0 radical (unpaired) electrons. The monoisotopic (exact) mass is 264 g/mol. The van der Waals surface area contributed by atoms with Gasteiger partial charge in [0.05, 0.1) is 6.42 Å². The number of rotatable bonds is 4. The zero-order chi connectivity index (χ0) is 13.7. The maximum Gasteiger partial charge on any atom is 0.224 e. The predicted molar refractivity (Wildman–Crippen MR) is 73.4 cm³/mol.